The van der Waals surface area contributed by atoms with Crippen LogP contribution in [0.5, 0.6) is 0 Å². The van der Waals surface area contributed by atoms with Crippen molar-refractivity contribution in [1.29, 1.82) is 0 Å². The topological polar surface area (TPSA) is 65.4 Å². The van der Waals surface area contributed by atoms with E-state index >= 15 is 0 Å². The zero-order valence-electron chi connectivity index (χ0n) is 11.8. The lowest BCUT2D eigenvalue weighted by atomic mass is 10.2. The van der Waals surface area contributed by atoms with Crippen LogP contribution in [0, 0.1) is 0 Å². The third-order valence-corrected chi connectivity index (χ3v) is 4.68. The first-order valence-corrected chi connectivity index (χ1v) is 7.95. The van der Waals surface area contributed by atoms with Crippen molar-refractivity contribution in [3.63, 3.8) is 0 Å². The second-order valence-corrected chi connectivity index (χ2v) is 6.41. The fourth-order valence-corrected chi connectivity index (χ4v) is 2.94. The Morgan fingerprint density at radius 1 is 1.05 bits per heavy atom. The second-order valence-electron chi connectivity index (χ2n) is 4.70. The van der Waals surface area contributed by atoms with E-state index in [-0.39, 0.29) is 10.8 Å². The minimum Gasteiger partial charge on any atom is -0.283 e. The molecule has 6 heteroatoms. The highest BCUT2D eigenvalue weighted by molar-refractivity contribution is 7.86. The van der Waals surface area contributed by atoms with E-state index in [1.165, 1.54) is 16.7 Å². The van der Waals surface area contributed by atoms with Gasteiger partial charge in [-0.1, -0.05) is 24.3 Å². The van der Waals surface area contributed by atoms with E-state index in [4.69, 9.17) is 0 Å². The van der Waals surface area contributed by atoms with Gasteiger partial charge in [0.05, 0.1) is 17.5 Å². The predicted octanol–water partition coefficient (Wildman–Crippen LogP) is 2.66. The van der Waals surface area contributed by atoms with E-state index in [1.54, 1.807) is 42.6 Å². The van der Waals surface area contributed by atoms with Crippen LogP contribution in [0.1, 0.15) is 10.4 Å². The van der Waals surface area contributed by atoms with Crippen molar-refractivity contribution in [2.75, 3.05) is 7.11 Å². The summed E-state index contributed by atoms with van der Waals surface area (Å²) in [6.07, 6.45) is 1.63. The number of hydrogen-bond acceptors (Lipinski definition) is 4. The van der Waals surface area contributed by atoms with Crippen LogP contribution in [-0.4, -0.2) is 26.0 Å². The van der Waals surface area contributed by atoms with Crippen LogP contribution in [0.3, 0.4) is 0 Å². The maximum Gasteiger partial charge on any atom is 0.296 e. The number of benzene rings is 2. The van der Waals surface area contributed by atoms with Crippen LogP contribution in [0.15, 0.2) is 65.7 Å². The first-order chi connectivity index (χ1) is 10.5. The summed E-state index contributed by atoms with van der Waals surface area (Å²) in [6.45, 7) is 0. The molecule has 0 saturated heterocycles. The predicted molar refractivity (Wildman–Crippen MR) is 82.3 cm³/mol. The molecule has 22 heavy (non-hydrogen) atoms. The number of nitrogens with zero attached hydrogens (tertiary/aromatic N) is 1. The van der Waals surface area contributed by atoms with Crippen molar-refractivity contribution in [2.24, 2.45) is 0 Å². The largest absolute Gasteiger partial charge is 0.296 e. The van der Waals surface area contributed by atoms with Crippen LogP contribution in [-0.2, 0) is 14.3 Å². The average molecular weight is 315 g/mol. The molecular formula is C16H13NO4S. The Morgan fingerprint density at radius 3 is 2.45 bits per heavy atom. The van der Waals surface area contributed by atoms with Gasteiger partial charge in [0.15, 0.2) is 0 Å². The lowest BCUT2D eigenvalue weighted by Gasteiger charge is -2.06. The monoisotopic (exact) mass is 315 g/mol. The molecule has 0 atom stereocenters. The van der Waals surface area contributed by atoms with Crippen LogP contribution in [0.2, 0.25) is 0 Å². The second kappa shape index (κ2) is 5.40. The molecule has 1 heterocycles. The van der Waals surface area contributed by atoms with E-state index in [2.05, 4.69) is 4.18 Å². The van der Waals surface area contributed by atoms with Gasteiger partial charge in [0.1, 0.15) is 0 Å². The zero-order valence-corrected chi connectivity index (χ0v) is 12.6. The highest BCUT2D eigenvalue weighted by Crippen LogP contribution is 2.22. The number of rotatable bonds is 3. The highest BCUT2D eigenvalue weighted by Gasteiger charge is 2.16. The molecule has 0 aliphatic rings. The molecule has 0 bridgehead atoms. The molecular weight excluding hydrogens is 302 g/mol. The summed E-state index contributed by atoms with van der Waals surface area (Å²) < 4.78 is 29.5. The van der Waals surface area contributed by atoms with Crippen molar-refractivity contribution < 1.29 is 17.4 Å². The maximum atomic E-state index is 12.5. The van der Waals surface area contributed by atoms with Gasteiger partial charge in [-0.3, -0.25) is 13.5 Å². The summed E-state index contributed by atoms with van der Waals surface area (Å²) in [5, 5.41) is 0.777. The van der Waals surface area contributed by atoms with Gasteiger partial charge in [-0.2, -0.15) is 8.42 Å². The Labute approximate surface area is 127 Å². The average Bonchev–Trinajstić information content (AvgIpc) is 2.98. The molecule has 1 aromatic heterocycles. The third-order valence-electron chi connectivity index (χ3n) is 3.41. The number of aromatic nitrogens is 1. The number of fused-ring (bicyclic) bond motifs is 1. The summed E-state index contributed by atoms with van der Waals surface area (Å²) in [5.41, 5.74) is 1.05. The Hall–Kier alpha value is -2.44. The molecule has 0 unspecified atom stereocenters. The Kier molecular flexibility index (Phi) is 3.56. The van der Waals surface area contributed by atoms with E-state index in [0.717, 1.165) is 12.5 Å². The number of carbonyl (C=O) groups excluding carboxylic acids is 1. The van der Waals surface area contributed by atoms with Gasteiger partial charge in [-0.15, -0.1) is 0 Å². The molecule has 5 nitrogen and oxygen atoms in total. The normalized spacial score (nSPS) is 11.7. The zero-order chi connectivity index (χ0) is 15.7. The van der Waals surface area contributed by atoms with E-state index in [1.807, 2.05) is 6.07 Å². The van der Waals surface area contributed by atoms with Gasteiger partial charge >= 0.3 is 0 Å². The standard InChI is InChI=1S/C16H13NO4S/c1-21-22(19,20)14-8-7-12-9-10-17(15(12)11-14)16(18)13-5-3-2-4-6-13/h2-11H,1H3. The minimum atomic E-state index is -3.80. The molecule has 0 N–H and O–H groups in total. The van der Waals surface area contributed by atoms with Crippen molar-refractivity contribution >= 4 is 26.9 Å². The van der Waals surface area contributed by atoms with Gasteiger partial charge in [-0.05, 0) is 30.3 Å². The molecule has 0 radical (unpaired) electrons. The summed E-state index contributed by atoms with van der Waals surface area (Å²) in [5.74, 6) is -0.220. The summed E-state index contributed by atoms with van der Waals surface area (Å²) in [4.78, 5) is 12.6. The summed E-state index contributed by atoms with van der Waals surface area (Å²) >= 11 is 0. The summed E-state index contributed by atoms with van der Waals surface area (Å²) in [6, 6.07) is 15.1. The lowest BCUT2D eigenvalue weighted by Crippen LogP contribution is -2.11. The van der Waals surface area contributed by atoms with Crippen molar-refractivity contribution in [3.8, 4) is 0 Å². The van der Waals surface area contributed by atoms with Gasteiger partial charge in [0, 0.05) is 17.1 Å². The van der Waals surface area contributed by atoms with Gasteiger partial charge in [0.2, 0.25) is 0 Å². The fraction of sp³-hybridized carbons (Fsp3) is 0.0625. The fourth-order valence-electron chi connectivity index (χ4n) is 2.26. The molecule has 0 amide bonds. The minimum absolute atomic E-state index is 0.0170. The Morgan fingerprint density at radius 2 is 1.77 bits per heavy atom. The first kappa shape index (κ1) is 14.5. The van der Waals surface area contributed by atoms with Crippen molar-refractivity contribution in [3.05, 3.63) is 66.4 Å². The van der Waals surface area contributed by atoms with Crippen LogP contribution < -0.4 is 0 Å². The molecule has 0 aliphatic heterocycles. The number of hydrogen-bond donors (Lipinski definition) is 0. The van der Waals surface area contributed by atoms with Gasteiger partial charge < -0.3 is 0 Å². The van der Waals surface area contributed by atoms with Gasteiger partial charge in [-0.25, -0.2) is 0 Å². The number of carbonyl (C=O) groups is 1. The molecule has 0 fully saturated rings. The molecule has 0 spiro atoms. The molecule has 112 valence electrons. The molecule has 3 aromatic rings. The Bertz CT molecular complexity index is 943. The molecule has 2 aromatic carbocycles. The lowest BCUT2D eigenvalue weighted by molar-refractivity contribution is 0.0965. The van der Waals surface area contributed by atoms with Crippen molar-refractivity contribution in [2.45, 2.75) is 4.90 Å². The summed E-state index contributed by atoms with van der Waals surface area (Å²) in [7, 11) is -2.69. The van der Waals surface area contributed by atoms with E-state index in [0.29, 0.717) is 11.1 Å². The van der Waals surface area contributed by atoms with E-state index in [9.17, 15) is 13.2 Å². The van der Waals surface area contributed by atoms with Crippen LogP contribution in [0.4, 0.5) is 0 Å². The molecule has 3 rings (SSSR count). The SMILES string of the molecule is COS(=O)(=O)c1ccc2ccn(C(=O)c3ccccc3)c2c1. The van der Waals surface area contributed by atoms with Crippen LogP contribution >= 0.6 is 0 Å². The molecule has 0 aliphatic carbocycles. The quantitative estimate of drug-likeness (QED) is 0.697. The highest BCUT2D eigenvalue weighted by atomic mass is 32.2. The third kappa shape index (κ3) is 2.43. The van der Waals surface area contributed by atoms with E-state index < -0.39 is 10.1 Å². The van der Waals surface area contributed by atoms with Gasteiger partial charge in [0.25, 0.3) is 16.0 Å². The van der Waals surface area contributed by atoms with Crippen LogP contribution in [0.25, 0.3) is 10.9 Å². The maximum absolute atomic E-state index is 12.5. The first-order valence-electron chi connectivity index (χ1n) is 6.54. The molecule has 0 saturated carbocycles. The Balaban J connectivity index is 2.16. The smallest absolute Gasteiger partial charge is 0.283 e. The van der Waals surface area contributed by atoms with Crippen molar-refractivity contribution in [1.82, 2.24) is 4.57 Å².